The molecule has 0 spiro atoms. The smallest absolute Gasteiger partial charge is 0.303 e. The van der Waals surface area contributed by atoms with Gasteiger partial charge in [0.1, 0.15) is 6.07 Å². The van der Waals surface area contributed by atoms with Gasteiger partial charge in [-0.1, -0.05) is 13.0 Å². The highest BCUT2D eigenvalue weighted by Crippen LogP contribution is 2.17. The van der Waals surface area contributed by atoms with Crippen LogP contribution in [0.3, 0.4) is 0 Å². The number of carboxylic acids is 1. The van der Waals surface area contributed by atoms with Crippen LogP contribution in [-0.4, -0.2) is 17.6 Å². The molecule has 0 fully saturated rings. The molecule has 1 unspecified atom stereocenters. The number of nitriles is 1. The summed E-state index contributed by atoms with van der Waals surface area (Å²) in [5.41, 5.74) is 2.61. The van der Waals surface area contributed by atoms with Crippen molar-refractivity contribution in [1.82, 2.24) is 0 Å². The molecule has 1 aromatic carbocycles. The van der Waals surface area contributed by atoms with Gasteiger partial charge in [0.25, 0.3) is 0 Å². The van der Waals surface area contributed by atoms with Crippen LogP contribution in [0.2, 0.25) is 0 Å². The van der Waals surface area contributed by atoms with Gasteiger partial charge >= 0.3 is 5.97 Å². The summed E-state index contributed by atoms with van der Waals surface area (Å²) in [5.74, 6) is -0.385. The summed E-state index contributed by atoms with van der Waals surface area (Å²) in [5, 5.41) is 20.9. The topological polar surface area (TPSA) is 73.1 Å². The highest BCUT2D eigenvalue weighted by molar-refractivity contribution is 5.66. The second kappa shape index (κ2) is 7.42. The third kappa shape index (κ3) is 5.43. The summed E-state index contributed by atoms with van der Waals surface area (Å²) in [6.07, 6.45) is 1.80. The quantitative estimate of drug-likeness (QED) is 0.789. The van der Waals surface area contributed by atoms with Crippen molar-refractivity contribution in [2.75, 3.05) is 11.9 Å². The Morgan fingerprint density at radius 2 is 2.21 bits per heavy atom. The fourth-order valence-electron chi connectivity index (χ4n) is 1.87. The predicted molar refractivity (Wildman–Crippen MR) is 75.0 cm³/mol. The standard InChI is InChI=1S/C15H20N2O2/c1-11(4-6-15(18)19)7-8-17-14-9-12(2)3-5-13(14)10-16/h3,5,9,11,17H,4,6-8H2,1-2H3,(H,18,19). The zero-order chi connectivity index (χ0) is 14.3. The Morgan fingerprint density at radius 3 is 2.84 bits per heavy atom. The lowest BCUT2D eigenvalue weighted by atomic mass is 10.0. The minimum Gasteiger partial charge on any atom is -0.481 e. The molecule has 0 aliphatic heterocycles. The Labute approximate surface area is 114 Å². The van der Waals surface area contributed by atoms with Gasteiger partial charge in [0.2, 0.25) is 0 Å². The lowest BCUT2D eigenvalue weighted by Crippen LogP contribution is -2.09. The molecule has 4 heteroatoms. The Kier molecular flexibility index (Phi) is 5.87. The largest absolute Gasteiger partial charge is 0.481 e. The minimum absolute atomic E-state index is 0.217. The monoisotopic (exact) mass is 260 g/mol. The molecule has 0 aliphatic rings. The van der Waals surface area contributed by atoms with Crippen molar-refractivity contribution in [1.29, 1.82) is 5.26 Å². The van der Waals surface area contributed by atoms with Gasteiger partial charge in [-0.25, -0.2) is 0 Å². The summed E-state index contributed by atoms with van der Waals surface area (Å²) in [4.78, 5) is 10.5. The highest BCUT2D eigenvalue weighted by Gasteiger charge is 2.06. The van der Waals surface area contributed by atoms with Gasteiger partial charge in [-0.15, -0.1) is 0 Å². The van der Waals surface area contributed by atoms with Crippen LogP contribution in [-0.2, 0) is 4.79 Å². The van der Waals surface area contributed by atoms with Gasteiger partial charge in [-0.3, -0.25) is 4.79 Å². The molecule has 1 aromatic rings. The molecule has 1 atom stereocenters. The van der Waals surface area contributed by atoms with Crippen molar-refractivity contribution < 1.29 is 9.90 Å². The van der Waals surface area contributed by atoms with E-state index in [0.29, 0.717) is 17.9 Å². The lowest BCUT2D eigenvalue weighted by Gasteiger charge is -2.13. The molecule has 0 saturated heterocycles. The van der Waals surface area contributed by atoms with Crippen LogP contribution in [0.15, 0.2) is 18.2 Å². The number of carbonyl (C=O) groups is 1. The van der Waals surface area contributed by atoms with E-state index in [2.05, 4.69) is 11.4 Å². The molecular weight excluding hydrogens is 240 g/mol. The molecule has 4 nitrogen and oxygen atoms in total. The Balaban J connectivity index is 2.43. The summed E-state index contributed by atoms with van der Waals surface area (Å²) in [6.45, 7) is 4.78. The third-order valence-corrected chi connectivity index (χ3v) is 3.10. The number of aliphatic carboxylic acids is 1. The van der Waals surface area contributed by atoms with E-state index in [1.54, 1.807) is 0 Å². The minimum atomic E-state index is -0.745. The van der Waals surface area contributed by atoms with E-state index < -0.39 is 5.97 Å². The first-order chi connectivity index (χ1) is 9.02. The molecule has 0 bridgehead atoms. The summed E-state index contributed by atoms with van der Waals surface area (Å²) < 4.78 is 0. The summed E-state index contributed by atoms with van der Waals surface area (Å²) in [7, 11) is 0. The van der Waals surface area contributed by atoms with E-state index in [0.717, 1.165) is 24.2 Å². The van der Waals surface area contributed by atoms with Gasteiger partial charge in [-0.2, -0.15) is 5.26 Å². The Bertz CT molecular complexity index is 478. The summed E-state index contributed by atoms with van der Waals surface area (Å²) in [6, 6.07) is 7.85. The molecule has 0 aliphatic carbocycles. The van der Waals surface area contributed by atoms with E-state index >= 15 is 0 Å². The number of nitrogens with zero attached hydrogens (tertiary/aromatic N) is 1. The average molecular weight is 260 g/mol. The van der Waals surface area contributed by atoms with Gasteiger partial charge in [0, 0.05) is 13.0 Å². The van der Waals surface area contributed by atoms with Crippen LogP contribution in [0.25, 0.3) is 0 Å². The van der Waals surface area contributed by atoms with Crippen molar-refractivity contribution in [3.05, 3.63) is 29.3 Å². The number of carboxylic acid groups (broad SMARTS) is 1. The molecule has 19 heavy (non-hydrogen) atoms. The first-order valence-corrected chi connectivity index (χ1v) is 6.49. The first kappa shape index (κ1) is 15.0. The molecule has 1 rings (SSSR count). The maximum atomic E-state index is 10.5. The van der Waals surface area contributed by atoms with Crippen molar-refractivity contribution >= 4 is 11.7 Å². The molecule has 0 radical (unpaired) electrons. The Morgan fingerprint density at radius 1 is 1.47 bits per heavy atom. The van der Waals surface area contributed by atoms with E-state index in [1.165, 1.54) is 0 Å². The molecular formula is C15H20N2O2. The first-order valence-electron chi connectivity index (χ1n) is 6.49. The van der Waals surface area contributed by atoms with Crippen LogP contribution in [0.4, 0.5) is 5.69 Å². The van der Waals surface area contributed by atoms with Crippen molar-refractivity contribution in [2.24, 2.45) is 5.92 Å². The Hall–Kier alpha value is -2.02. The van der Waals surface area contributed by atoms with Crippen LogP contribution in [0.1, 0.15) is 37.3 Å². The van der Waals surface area contributed by atoms with E-state index in [1.807, 2.05) is 32.0 Å². The maximum absolute atomic E-state index is 10.5. The van der Waals surface area contributed by atoms with Crippen LogP contribution < -0.4 is 5.32 Å². The number of anilines is 1. The number of benzene rings is 1. The van der Waals surface area contributed by atoms with Crippen LogP contribution in [0, 0.1) is 24.2 Å². The SMILES string of the molecule is Cc1ccc(C#N)c(NCCC(C)CCC(=O)O)c1. The average Bonchev–Trinajstić information content (AvgIpc) is 2.36. The summed E-state index contributed by atoms with van der Waals surface area (Å²) >= 11 is 0. The second-order valence-electron chi connectivity index (χ2n) is 4.91. The number of hydrogen-bond acceptors (Lipinski definition) is 3. The number of nitrogens with one attached hydrogen (secondary N) is 1. The number of hydrogen-bond donors (Lipinski definition) is 2. The molecule has 0 saturated carbocycles. The number of aryl methyl sites for hydroxylation is 1. The lowest BCUT2D eigenvalue weighted by molar-refractivity contribution is -0.137. The van der Waals surface area contributed by atoms with Gasteiger partial charge < -0.3 is 10.4 Å². The predicted octanol–water partition coefficient (Wildman–Crippen LogP) is 3.17. The van der Waals surface area contributed by atoms with Gasteiger partial charge in [0.05, 0.1) is 11.3 Å². The van der Waals surface area contributed by atoms with Gasteiger partial charge in [0.15, 0.2) is 0 Å². The van der Waals surface area contributed by atoms with E-state index in [9.17, 15) is 4.79 Å². The van der Waals surface area contributed by atoms with E-state index in [4.69, 9.17) is 10.4 Å². The second-order valence-corrected chi connectivity index (χ2v) is 4.91. The maximum Gasteiger partial charge on any atom is 0.303 e. The van der Waals surface area contributed by atoms with Crippen molar-refractivity contribution in [2.45, 2.75) is 33.1 Å². The third-order valence-electron chi connectivity index (χ3n) is 3.10. The molecule has 0 heterocycles. The normalized spacial score (nSPS) is 11.6. The van der Waals surface area contributed by atoms with Crippen LogP contribution >= 0.6 is 0 Å². The van der Waals surface area contributed by atoms with Crippen molar-refractivity contribution in [3.8, 4) is 6.07 Å². The van der Waals surface area contributed by atoms with Crippen LogP contribution in [0.5, 0.6) is 0 Å². The van der Waals surface area contributed by atoms with Crippen molar-refractivity contribution in [3.63, 3.8) is 0 Å². The zero-order valence-electron chi connectivity index (χ0n) is 11.4. The highest BCUT2D eigenvalue weighted by atomic mass is 16.4. The van der Waals surface area contributed by atoms with E-state index in [-0.39, 0.29) is 6.42 Å². The number of rotatable bonds is 7. The van der Waals surface area contributed by atoms with Gasteiger partial charge in [-0.05, 0) is 43.4 Å². The molecule has 102 valence electrons. The fraction of sp³-hybridized carbons (Fsp3) is 0.467. The molecule has 2 N–H and O–H groups in total. The zero-order valence-corrected chi connectivity index (χ0v) is 11.4. The molecule has 0 aromatic heterocycles. The molecule has 0 amide bonds. The fourth-order valence-corrected chi connectivity index (χ4v) is 1.87.